The lowest BCUT2D eigenvalue weighted by atomic mass is 9.86. The Bertz CT molecular complexity index is 592. The van der Waals surface area contributed by atoms with Gasteiger partial charge in [-0.05, 0) is 36.5 Å². The molecule has 0 bridgehead atoms. The normalized spacial score (nSPS) is 22.8. The van der Waals surface area contributed by atoms with Gasteiger partial charge >= 0.3 is 0 Å². The van der Waals surface area contributed by atoms with E-state index in [-0.39, 0.29) is 17.7 Å². The molecule has 1 amide bonds. The summed E-state index contributed by atoms with van der Waals surface area (Å²) in [5, 5.41) is 3.10. The molecule has 0 radical (unpaired) electrons. The average molecular weight is 309 g/mol. The number of nitrogens with one attached hydrogen (secondary N) is 1. The maximum absolute atomic E-state index is 12.2. The molecule has 1 N–H and O–H groups in total. The summed E-state index contributed by atoms with van der Waals surface area (Å²) in [6.07, 6.45) is 5.83. The van der Waals surface area contributed by atoms with E-state index < -0.39 is 9.84 Å². The van der Waals surface area contributed by atoms with Crippen LogP contribution in [-0.4, -0.2) is 26.6 Å². The third-order valence-electron chi connectivity index (χ3n) is 4.07. The topological polar surface area (TPSA) is 63.2 Å². The van der Waals surface area contributed by atoms with Gasteiger partial charge in [-0.1, -0.05) is 31.9 Å². The summed E-state index contributed by atoms with van der Waals surface area (Å²) in [7, 11) is -3.04. The van der Waals surface area contributed by atoms with Crippen molar-refractivity contribution in [1.82, 2.24) is 5.32 Å². The molecule has 0 spiro atoms. The van der Waals surface area contributed by atoms with Crippen molar-refractivity contribution in [2.75, 3.05) is 6.26 Å². The van der Waals surface area contributed by atoms with E-state index in [4.69, 9.17) is 0 Å². The molecule has 1 aliphatic carbocycles. The van der Waals surface area contributed by atoms with Crippen LogP contribution in [0.1, 0.15) is 48.5 Å². The van der Waals surface area contributed by atoms with E-state index in [2.05, 4.69) is 12.2 Å². The lowest BCUT2D eigenvalue weighted by Crippen LogP contribution is -2.41. The van der Waals surface area contributed by atoms with Gasteiger partial charge in [-0.15, -0.1) is 0 Å². The first kappa shape index (κ1) is 16.0. The molecule has 4 nitrogen and oxygen atoms in total. The van der Waals surface area contributed by atoms with Crippen molar-refractivity contribution < 1.29 is 13.2 Å². The second-order valence-corrected chi connectivity index (χ2v) is 8.25. The smallest absolute Gasteiger partial charge is 0.251 e. The molecule has 2 atom stereocenters. The lowest BCUT2D eigenvalue weighted by molar-refractivity contribution is 0.0910. The summed E-state index contributed by atoms with van der Waals surface area (Å²) in [6.45, 7) is 2.18. The van der Waals surface area contributed by atoms with Crippen LogP contribution in [0.15, 0.2) is 24.3 Å². The Morgan fingerprint density at radius 3 is 2.38 bits per heavy atom. The number of hydrogen-bond donors (Lipinski definition) is 1. The highest BCUT2D eigenvalue weighted by Crippen LogP contribution is 2.24. The van der Waals surface area contributed by atoms with Crippen molar-refractivity contribution in [3.8, 4) is 0 Å². The molecule has 0 unspecified atom stereocenters. The van der Waals surface area contributed by atoms with Crippen molar-refractivity contribution in [2.24, 2.45) is 5.92 Å². The fourth-order valence-corrected chi connectivity index (χ4v) is 3.64. The summed E-state index contributed by atoms with van der Waals surface area (Å²) in [4.78, 5) is 12.2. The van der Waals surface area contributed by atoms with Gasteiger partial charge in [0.25, 0.3) is 5.91 Å². The molecule has 1 aliphatic rings. The number of benzene rings is 1. The number of hydrogen-bond acceptors (Lipinski definition) is 3. The van der Waals surface area contributed by atoms with Crippen LogP contribution >= 0.6 is 0 Å². The number of rotatable bonds is 4. The maximum atomic E-state index is 12.2. The zero-order valence-corrected chi connectivity index (χ0v) is 13.4. The third kappa shape index (κ3) is 4.84. The first-order valence-corrected chi connectivity index (χ1v) is 9.49. The molecule has 1 aromatic rings. The average Bonchev–Trinajstić information content (AvgIpc) is 2.40. The molecule has 21 heavy (non-hydrogen) atoms. The van der Waals surface area contributed by atoms with E-state index in [1.807, 2.05) is 0 Å². The van der Waals surface area contributed by atoms with Crippen LogP contribution < -0.4 is 5.32 Å². The van der Waals surface area contributed by atoms with Crippen LogP contribution in [0.5, 0.6) is 0 Å². The summed E-state index contributed by atoms with van der Waals surface area (Å²) in [6, 6.07) is 7.06. The molecule has 1 aromatic carbocycles. The van der Waals surface area contributed by atoms with Gasteiger partial charge in [-0.3, -0.25) is 4.79 Å². The van der Waals surface area contributed by atoms with E-state index in [0.717, 1.165) is 12.8 Å². The molecule has 1 saturated carbocycles. The quantitative estimate of drug-likeness (QED) is 0.929. The molecule has 0 saturated heterocycles. The van der Waals surface area contributed by atoms with Crippen LogP contribution in [0.3, 0.4) is 0 Å². The van der Waals surface area contributed by atoms with Crippen LogP contribution in [0, 0.1) is 5.92 Å². The molecule has 2 rings (SSSR count). The Kier molecular flexibility index (Phi) is 5.04. The van der Waals surface area contributed by atoms with E-state index in [1.165, 1.54) is 19.1 Å². The monoisotopic (exact) mass is 309 g/mol. The number of amides is 1. The minimum absolute atomic E-state index is 0.00849. The molecule has 5 heteroatoms. The van der Waals surface area contributed by atoms with Crippen LogP contribution in [-0.2, 0) is 15.6 Å². The Balaban J connectivity index is 1.99. The van der Waals surface area contributed by atoms with Crippen molar-refractivity contribution in [1.29, 1.82) is 0 Å². The zero-order valence-electron chi connectivity index (χ0n) is 12.6. The first-order valence-electron chi connectivity index (χ1n) is 7.43. The minimum atomic E-state index is -3.04. The largest absolute Gasteiger partial charge is 0.349 e. The SMILES string of the molecule is C[C@H]1CCCC[C@H]1NC(=O)c1ccc(CS(C)(=O)=O)cc1. The van der Waals surface area contributed by atoms with Crippen LogP contribution in [0.25, 0.3) is 0 Å². The number of carbonyl (C=O) groups is 1. The molecular weight excluding hydrogens is 286 g/mol. The Morgan fingerprint density at radius 1 is 1.19 bits per heavy atom. The van der Waals surface area contributed by atoms with Gasteiger partial charge in [0, 0.05) is 17.9 Å². The van der Waals surface area contributed by atoms with E-state index in [9.17, 15) is 13.2 Å². The standard InChI is InChI=1S/C16H23NO3S/c1-12-5-3-4-6-15(12)17-16(18)14-9-7-13(8-10-14)11-21(2,19)20/h7-10,12,15H,3-6,11H2,1-2H3,(H,17,18)/t12-,15+/m0/s1. The predicted octanol–water partition coefficient (Wildman–Crippen LogP) is 2.54. The molecule has 0 aromatic heterocycles. The van der Waals surface area contributed by atoms with Gasteiger partial charge in [-0.25, -0.2) is 8.42 Å². The van der Waals surface area contributed by atoms with Crippen molar-refractivity contribution in [3.05, 3.63) is 35.4 Å². The molecule has 0 heterocycles. The summed E-state index contributed by atoms with van der Waals surface area (Å²) in [5.41, 5.74) is 1.30. The fraction of sp³-hybridized carbons (Fsp3) is 0.562. The van der Waals surface area contributed by atoms with Gasteiger partial charge < -0.3 is 5.32 Å². The highest BCUT2D eigenvalue weighted by Gasteiger charge is 2.23. The summed E-state index contributed by atoms with van der Waals surface area (Å²) < 4.78 is 22.5. The lowest BCUT2D eigenvalue weighted by Gasteiger charge is -2.29. The molecular formula is C16H23NO3S. The van der Waals surface area contributed by atoms with Gasteiger partial charge in [0.1, 0.15) is 0 Å². The van der Waals surface area contributed by atoms with Gasteiger partial charge in [0.2, 0.25) is 0 Å². The number of carbonyl (C=O) groups excluding carboxylic acids is 1. The highest BCUT2D eigenvalue weighted by molar-refractivity contribution is 7.89. The molecule has 1 fully saturated rings. The minimum Gasteiger partial charge on any atom is -0.349 e. The second-order valence-electron chi connectivity index (χ2n) is 6.11. The van der Waals surface area contributed by atoms with Crippen molar-refractivity contribution >= 4 is 15.7 Å². The van der Waals surface area contributed by atoms with E-state index >= 15 is 0 Å². The highest BCUT2D eigenvalue weighted by atomic mass is 32.2. The Hall–Kier alpha value is -1.36. The van der Waals surface area contributed by atoms with Crippen molar-refractivity contribution in [2.45, 2.75) is 44.4 Å². The van der Waals surface area contributed by atoms with E-state index in [1.54, 1.807) is 24.3 Å². The summed E-state index contributed by atoms with van der Waals surface area (Å²) in [5.74, 6) is 0.459. The fourth-order valence-electron chi connectivity index (χ4n) is 2.84. The summed E-state index contributed by atoms with van der Waals surface area (Å²) >= 11 is 0. The van der Waals surface area contributed by atoms with Gasteiger partial charge in [0.15, 0.2) is 9.84 Å². The molecule has 116 valence electrons. The first-order chi connectivity index (χ1) is 9.85. The number of sulfone groups is 1. The Labute approximate surface area is 126 Å². The molecule has 0 aliphatic heterocycles. The van der Waals surface area contributed by atoms with Gasteiger partial charge in [0.05, 0.1) is 5.75 Å². The van der Waals surface area contributed by atoms with Crippen LogP contribution in [0.4, 0.5) is 0 Å². The zero-order chi connectivity index (χ0) is 15.5. The van der Waals surface area contributed by atoms with E-state index in [0.29, 0.717) is 17.0 Å². The Morgan fingerprint density at radius 2 is 1.81 bits per heavy atom. The van der Waals surface area contributed by atoms with Gasteiger partial charge in [-0.2, -0.15) is 0 Å². The maximum Gasteiger partial charge on any atom is 0.251 e. The predicted molar refractivity (Wildman–Crippen MR) is 83.9 cm³/mol. The second kappa shape index (κ2) is 6.60. The van der Waals surface area contributed by atoms with Crippen molar-refractivity contribution in [3.63, 3.8) is 0 Å². The third-order valence-corrected chi connectivity index (χ3v) is 4.93. The van der Waals surface area contributed by atoms with Crippen LogP contribution in [0.2, 0.25) is 0 Å².